The fraction of sp³-hybridized carbons (Fsp3) is 0.400. The molecule has 0 bridgehead atoms. The van der Waals surface area contributed by atoms with Crippen molar-refractivity contribution in [3.63, 3.8) is 0 Å². The lowest BCUT2D eigenvalue weighted by molar-refractivity contribution is -0.117. The minimum Gasteiger partial charge on any atom is -0.348 e. The zero-order valence-corrected chi connectivity index (χ0v) is 10.4. The van der Waals surface area contributed by atoms with Crippen LogP contribution in [0.3, 0.4) is 0 Å². The summed E-state index contributed by atoms with van der Waals surface area (Å²) in [5, 5.41) is 1.33. The summed E-state index contributed by atoms with van der Waals surface area (Å²) in [6, 6.07) is 8.50. The lowest BCUT2D eigenvalue weighted by atomic mass is 9.95. The van der Waals surface area contributed by atoms with Gasteiger partial charge in [0.25, 0.3) is 0 Å². The van der Waals surface area contributed by atoms with Crippen LogP contribution in [0.2, 0.25) is 0 Å². The molecule has 1 heterocycles. The van der Waals surface area contributed by atoms with E-state index >= 15 is 0 Å². The van der Waals surface area contributed by atoms with Crippen LogP contribution < -0.4 is 0 Å². The second-order valence-electron chi connectivity index (χ2n) is 5.05. The molecule has 1 aromatic carbocycles. The third kappa shape index (κ3) is 1.51. The zero-order valence-electron chi connectivity index (χ0n) is 10.4. The van der Waals surface area contributed by atoms with E-state index in [1.54, 1.807) is 0 Å². The fourth-order valence-corrected chi connectivity index (χ4v) is 3.13. The third-order valence-electron chi connectivity index (χ3n) is 4.10. The van der Waals surface area contributed by atoms with Gasteiger partial charge in [-0.3, -0.25) is 4.79 Å². The number of nitrogens with zero attached hydrogens (tertiary/aromatic N) is 1. The Morgan fingerprint density at radius 3 is 2.76 bits per heavy atom. The van der Waals surface area contributed by atoms with E-state index in [1.807, 2.05) is 0 Å². The van der Waals surface area contributed by atoms with E-state index in [4.69, 9.17) is 0 Å². The average molecular weight is 227 g/mol. The molecule has 88 valence electrons. The molecule has 0 saturated heterocycles. The normalized spacial score (nSPS) is 20.4. The Kier molecular flexibility index (Phi) is 2.32. The van der Waals surface area contributed by atoms with Crippen molar-refractivity contribution < 1.29 is 4.79 Å². The van der Waals surface area contributed by atoms with Crippen molar-refractivity contribution in [2.45, 2.75) is 32.1 Å². The molecule has 2 heteroatoms. The first kappa shape index (κ1) is 10.6. The molecule has 1 aliphatic carbocycles. The van der Waals surface area contributed by atoms with Crippen LogP contribution in [0.5, 0.6) is 0 Å². The molecular weight excluding hydrogens is 210 g/mol. The predicted octanol–water partition coefficient (Wildman–Crippen LogP) is 3.32. The summed E-state index contributed by atoms with van der Waals surface area (Å²) in [6.07, 6.45) is 2.51. The molecular formula is C15H17NO. The van der Waals surface area contributed by atoms with Gasteiger partial charge in [0.1, 0.15) is 5.78 Å². The largest absolute Gasteiger partial charge is 0.348 e. The first-order valence-corrected chi connectivity index (χ1v) is 6.24. The Labute approximate surface area is 101 Å². The van der Waals surface area contributed by atoms with Crippen molar-refractivity contribution in [2.75, 3.05) is 0 Å². The molecule has 17 heavy (non-hydrogen) atoms. The fourth-order valence-electron chi connectivity index (χ4n) is 3.13. The molecule has 1 atom stereocenters. The van der Waals surface area contributed by atoms with E-state index in [0.717, 1.165) is 19.3 Å². The second kappa shape index (κ2) is 3.73. The lowest BCUT2D eigenvalue weighted by Gasteiger charge is -2.09. The van der Waals surface area contributed by atoms with Gasteiger partial charge in [0.2, 0.25) is 0 Å². The number of aryl methyl sites for hydroxylation is 1. The van der Waals surface area contributed by atoms with Gasteiger partial charge in [-0.2, -0.15) is 0 Å². The van der Waals surface area contributed by atoms with E-state index in [-0.39, 0.29) is 0 Å². The smallest absolute Gasteiger partial charge is 0.133 e. The first-order valence-electron chi connectivity index (χ1n) is 6.24. The number of carbonyl (C=O) groups excluding carboxylic acids is 1. The topological polar surface area (TPSA) is 22.0 Å². The minimum atomic E-state index is 0.419. The highest BCUT2D eigenvalue weighted by molar-refractivity contribution is 5.88. The number of Topliss-reactive ketones (excluding diaryl/α,β-unsaturated/α-hetero) is 1. The Morgan fingerprint density at radius 2 is 2.06 bits per heavy atom. The summed E-state index contributed by atoms with van der Waals surface area (Å²) >= 11 is 0. The molecule has 2 aromatic rings. The van der Waals surface area contributed by atoms with Crippen LogP contribution in [-0.2, 0) is 11.8 Å². The summed E-state index contributed by atoms with van der Waals surface area (Å²) in [4.78, 5) is 11.5. The van der Waals surface area contributed by atoms with Crippen molar-refractivity contribution in [1.29, 1.82) is 0 Å². The maximum Gasteiger partial charge on any atom is 0.133 e. The maximum absolute atomic E-state index is 11.5. The lowest BCUT2D eigenvalue weighted by Crippen LogP contribution is -1.98. The van der Waals surface area contributed by atoms with Gasteiger partial charge in [0.05, 0.1) is 0 Å². The summed E-state index contributed by atoms with van der Waals surface area (Å²) in [7, 11) is 2.11. The molecule has 1 aliphatic rings. The van der Waals surface area contributed by atoms with Crippen LogP contribution in [0, 0.1) is 6.92 Å². The molecule has 1 aromatic heterocycles. The number of fused-ring (bicyclic) bond motifs is 1. The van der Waals surface area contributed by atoms with E-state index < -0.39 is 0 Å². The van der Waals surface area contributed by atoms with E-state index in [1.165, 1.54) is 22.2 Å². The molecule has 1 unspecified atom stereocenters. The second-order valence-corrected chi connectivity index (χ2v) is 5.05. The Balaban J connectivity index is 2.22. The van der Waals surface area contributed by atoms with Gasteiger partial charge in [-0.05, 0) is 30.9 Å². The molecule has 1 fully saturated rings. The van der Waals surface area contributed by atoms with Crippen molar-refractivity contribution in [3.8, 4) is 0 Å². The molecule has 2 nitrogen and oxygen atoms in total. The number of benzene rings is 1. The van der Waals surface area contributed by atoms with Gasteiger partial charge in [-0.1, -0.05) is 18.2 Å². The SMILES string of the molecule is Cc1c(C2CCC(=O)C2)c2ccccc2n1C. The summed E-state index contributed by atoms with van der Waals surface area (Å²) in [6.45, 7) is 2.16. The maximum atomic E-state index is 11.5. The van der Waals surface area contributed by atoms with Crippen molar-refractivity contribution in [2.24, 2.45) is 7.05 Å². The van der Waals surface area contributed by atoms with Crippen LogP contribution in [0.15, 0.2) is 24.3 Å². The molecule has 0 spiro atoms. The number of hydrogen-bond acceptors (Lipinski definition) is 1. The number of carbonyl (C=O) groups is 1. The van der Waals surface area contributed by atoms with E-state index in [0.29, 0.717) is 11.7 Å². The first-order chi connectivity index (χ1) is 8.18. The van der Waals surface area contributed by atoms with Gasteiger partial charge >= 0.3 is 0 Å². The number of aromatic nitrogens is 1. The highest BCUT2D eigenvalue weighted by Crippen LogP contribution is 2.39. The number of para-hydroxylation sites is 1. The quantitative estimate of drug-likeness (QED) is 0.732. The molecule has 0 aliphatic heterocycles. The van der Waals surface area contributed by atoms with Crippen molar-refractivity contribution in [3.05, 3.63) is 35.5 Å². The minimum absolute atomic E-state index is 0.419. The van der Waals surface area contributed by atoms with E-state index in [9.17, 15) is 4.79 Å². The van der Waals surface area contributed by atoms with Crippen LogP contribution in [0.25, 0.3) is 10.9 Å². The van der Waals surface area contributed by atoms with Gasteiger partial charge in [0.15, 0.2) is 0 Å². The molecule has 1 saturated carbocycles. The molecule has 0 amide bonds. The van der Waals surface area contributed by atoms with Crippen LogP contribution >= 0.6 is 0 Å². The van der Waals surface area contributed by atoms with E-state index in [2.05, 4.69) is 42.8 Å². The number of hydrogen-bond donors (Lipinski definition) is 0. The predicted molar refractivity (Wildman–Crippen MR) is 69.3 cm³/mol. The zero-order chi connectivity index (χ0) is 12.0. The Bertz CT molecular complexity index is 594. The third-order valence-corrected chi connectivity index (χ3v) is 4.10. The number of rotatable bonds is 1. The molecule has 0 N–H and O–H groups in total. The monoisotopic (exact) mass is 227 g/mol. The van der Waals surface area contributed by atoms with Crippen LogP contribution in [0.1, 0.15) is 36.4 Å². The van der Waals surface area contributed by atoms with Gasteiger partial charge < -0.3 is 4.57 Å². The van der Waals surface area contributed by atoms with Crippen molar-refractivity contribution >= 4 is 16.7 Å². The van der Waals surface area contributed by atoms with Gasteiger partial charge in [-0.15, -0.1) is 0 Å². The van der Waals surface area contributed by atoms with Crippen molar-refractivity contribution in [1.82, 2.24) is 4.57 Å². The standard InChI is InChI=1S/C15H17NO/c1-10-15(11-7-8-12(17)9-11)13-5-3-4-6-14(13)16(10)2/h3-6,11H,7-9H2,1-2H3. The summed E-state index contributed by atoms with van der Waals surface area (Å²) in [5.74, 6) is 0.857. The molecule has 3 rings (SSSR count). The van der Waals surface area contributed by atoms with Gasteiger partial charge in [-0.25, -0.2) is 0 Å². The highest BCUT2D eigenvalue weighted by Gasteiger charge is 2.27. The Morgan fingerprint density at radius 1 is 1.29 bits per heavy atom. The number of ketones is 1. The summed E-state index contributed by atoms with van der Waals surface area (Å²) < 4.78 is 2.24. The highest BCUT2D eigenvalue weighted by atomic mass is 16.1. The summed E-state index contributed by atoms with van der Waals surface area (Å²) in [5.41, 5.74) is 3.99. The Hall–Kier alpha value is -1.57. The average Bonchev–Trinajstić information content (AvgIpc) is 2.84. The van der Waals surface area contributed by atoms with Crippen LogP contribution in [-0.4, -0.2) is 10.4 Å². The molecule has 0 radical (unpaired) electrons. The van der Waals surface area contributed by atoms with Crippen LogP contribution in [0.4, 0.5) is 0 Å². The van der Waals surface area contributed by atoms with Gasteiger partial charge in [0, 0.05) is 36.5 Å².